The molecule has 0 spiro atoms. The molecule has 0 saturated carbocycles. The van der Waals surface area contributed by atoms with E-state index in [9.17, 15) is 5.11 Å². The summed E-state index contributed by atoms with van der Waals surface area (Å²) in [4.78, 5) is 9.00. The number of carboxylic acids is 1. The smallest absolute Gasteiger partial charge is 0.300 e. The van der Waals surface area contributed by atoms with Gasteiger partial charge in [-0.05, 0) is 12.8 Å². The fourth-order valence-electron chi connectivity index (χ4n) is 2.29. The molecule has 0 fully saturated rings. The first-order chi connectivity index (χ1) is 10.0. The number of unbranched alkanes of at least 4 members (excludes halogenated alkanes) is 9. The molecule has 0 bridgehead atoms. The summed E-state index contributed by atoms with van der Waals surface area (Å²) in [5.74, 6) is -0.833. The van der Waals surface area contributed by atoms with Crippen molar-refractivity contribution in [3.05, 3.63) is 0 Å². The van der Waals surface area contributed by atoms with Gasteiger partial charge in [-0.15, -0.1) is 0 Å². The molecule has 1 unspecified atom stereocenters. The van der Waals surface area contributed by atoms with Crippen LogP contribution >= 0.6 is 0 Å². The van der Waals surface area contributed by atoms with E-state index in [0.29, 0.717) is 0 Å². The van der Waals surface area contributed by atoms with Crippen molar-refractivity contribution in [2.45, 2.75) is 110 Å². The summed E-state index contributed by atoms with van der Waals surface area (Å²) in [7, 11) is 0. The average Bonchev–Trinajstić information content (AvgIpc) is 2.42. The summed E-state index contributed by atoms with van der Waals surface area (Å²) >= 11 is 0. The Morgan fingerprint density at radius 2 is 1.05 bits per heavy atom. The van der Waals surface area contributed by atoms with Crippen LogP contribution in [0.25, 0.3) is 0 Å². The summed E-state index contributed by atoms with van der Waals surface area (Å²) < 4.78 is 0. The van der Waals surface area contributed by atoms with E-state index < -0.39 is 5.97 Å². The molecule has 2 N–H and O–H groups in total. The van der Waals surface area contributed by atoms with Gasteiger partial charge in [-0.2, -0.15) is 0 Å². The van der Waals surface area contributed by atoms with Crippen LogP contribution in [-0.4, -0.2) is 22.3 Å². The minimum absolute atomic E-state index is 0.0252. The quantitative estimate of drug-likeness (QED) is 0.438. The number of aliphatic hydroxyl groups is 1. The molecule has 3 heteroatoms. The van der Waals surface area contributed by atoms with Gasteiger partial charge in [-0.25, -0.2) is 0 Å². The second kappa shape index (κ2) is 19.4. The summed E-state index contributed by atoms with van der Waals surface area (Å²) in [6.45, 7) is 5.58. The van der Waals surface area contributed by atoms with E-state index in [-0.39, 0.29) is 6.10 Å². The topological polar surface area (TPSA) is 57.5 Å². The predicted octanol–water partition coefficient (Wildman–Crippen LogP) is 5.55. The Labute approximate surface area is 132 Å². The van der Waals surface area contributed by atoms with Gasteiger partial charge in [0.2, 0.25) is 0 Å². The Balaban J connectivity index is 0. The van der Waals surface area contributed by atoms with Gasteiger partial charge in [0.1, 0.15) is 0 Å². The first-order valence-electron chi connectivity index (χ1n) is 8.92. The monoisotopic (exact) mass is 302 g/mol. The maximum absolute atomic E-state index is 9.81. The van der Waals surface area contributed by atoms with Crippen molar-refractivity contribution in [2.24, 2.45) is 0 Å². The number of hydrogen-bond donors (Lipinski definition) is 2. The van der Waals surface area contributed by atoms with Crippen LogP contribution in [0.15, 0.2) is 0 Å². The highest BCUT2D eigenvalue weighted by molar-refractivity contribution is 5.62. The Bertz CT molecular complexity index is 201. The fraction of sp³-hybridized carbons (Fsp3) is 0.944. The van der Waals surface area contributed by atoms with Gasteiger partial charge < -0.3 is 10.2 Å². The Morgan fingerprint density at radius 3 is 1.38 bits per heavy atom. The number of rotatable bonds is 13. The standard InChI is InChI=1S/C16H34O.C2H4O2/c1-3-5-7-9-11-13-15-16(17)14-12-10-8-6-4-2;1-2(3)4/h16-17H,3-15H2,1-2H3;1H3,(H,3,4). The molecule has 21 heavy (non-hydrogen) atoms. The molecule has 0 aromatic rings. The SMILES string of the molecule is CC(=O)O.CCCCCCCCC(O)CCCCCCC. The van der Waals surface area contributed by atoms with Crippen LogP contribution in [0.2, 0.25) is 0 Å². The Morgan fingerprint density at radius 1 is 0.762 bits per heavy atom. The van der Waals surface area contributed by atoms with Crippen molar-refractivity contribution >= 4 is 5.97 Å². The molecule has 3 nitrogen and oxygen atoms in total. The van der Waals surface area contributed by atoms with Crippen molar-refractivity contribution in [3.63, 3.8) is 0 Å². The third kappa shape index (κ3) is 28.3. The summed E-state index contributed by atoms with van der Waals surface area (Å²) in [5.41, 5.74) is 0. The molecule has 128 valence electrons. The molecular formula is C18H38O3. The zero-order valence-corrected chi connectivity index (χ0v) is 14.6. The molecule has 0 rings (SSSR count). The lowest BCUT2D eigenvalue weighted by atomic mass is 10.0. The van der Waals surface area contributed by atoms with Crippen molar-refractivity contribution < 1.29 is 15.0 Å². The van der Waals surface area contributed by atoms with Gasteiger partial charge >= 0.3 is 0 Å². The molecule has 0 amide bonds. The van der Waals surface area contributed by atoms with Gasteiger partial charge in [0.15, 0.2) is 0 Å². The van der Waals surface area contributed by atoms with Gasteiger partial charge in [-0.3, -0.25) is 4.79 Å². The predicted molar refractivity (Wildman–Crippen MR) is 90.7 cm³/mol. The van der Waals surface area contributed by atoms with Crippen molar-refractivity contribution in [2.75, 3.05) is 0 Å². The lowest BCUT2D eigenvalue weighted by Crippen LogP contribution is -2.05. The normalized spacial score (nSPS) is 11.6. The summed E-state index contributed by atoms with van der Waals surface area (Å²) in [6.07, 6.45) is 16.5. The molecule has 0 heterocycles. The highest BCUT2D eigenvalue weighted by atomic mass is 16.4. The van der Waals surface area contributed by atoms with Crippen LogP contribution in [-0.2, 0) is 4.79 Å². The highest BCUT2D eigenvalue weighted by Gasteiger charge is 2.03. The molecule has 1 atom stereocenters. The van der Waals surface area contributed by atoms with E-state index >= 15 is 0 Å². The molecule has 0 saturated heterocycles. The molecular weight excluding hydrogens is 264 g/mol. The third-order valence-corrected chi connectivity index (χ3v) is 3.53. The van der Waals surface area contributed by atoms with Crippen LogP contribution in [0.1, 0.15) is 104 Å². The van der Waals surface area contributed by atoms with Crippen LogP contribution in [0.5, 0.6) is 0 Å². The minimum Gasteiger partial charge on any atom is -0.481 e. The highest BCUT2D eigenvalue weighted by Crippen LogP contribution is 2.13. The van der Waals surface area contributed by atoms with Crippen LogP contribution in [0.3, 0.4) is 0 Å². The van der Waals surface area contributed by atoms with Crippen molar-refractivity contribution in [1.82, 2.24) is 0 Å². The van der Waals surface area contributed by atoms with Crippen molar-refractivity contribution in [3.8, 4) is 0 Å². The zero-order chi connectivity index (χ0) is 16.3. The molecule has 0 aromatic heterocycles. The van der Waals surface area contributed by atoms with Gasteiger partial charge in [0.05, 0.1) is 6.10 Å². The van der Waals surface area contributed by atoms with E-state index in [1.54, 1.807) is 0 Å². The molecule has 0 aliphatic carbocycles. The number of aliphatic carboxylic acids is 1. The number of carboxylic acid groups (broad SMARTS) is 1. The average molecular weight is 302 g/mol. The summed E-state index contributed by atoms with van der Waals surface area (Å²) in [6, 6.07) is 0. The maximum atomic E-state index is 9.81. The Hall–Kier alpha value is -0.570. The second-order valence-electron chi connectivity index (χ2n) is 5.93. The van der Waals surface area contributed by atoms with Gasteiger partial charge in [-0.1, -0.05) is 84.5 Å². The molecule has 0 radical (unpaired) electrons. The lowest BCUT2D eigenvalue weighted by Gasteiger charge is -2.10. The van der Waals surface area contributed by atoms with Crippen molar-refractivity contribution in [1.29, 1.82) is 0 Å². The van der Waals surface area contributed by atoms with E-state index in [2.05, 4.69) is 13.8 Å². The van der Waals surface area contributed by atoms with E-state index in [4.69, 9.17) is 9.90 Å². The van der Waals surface area contributed by atoms with Crippen LogP contribution < -0.4 is 0 Å². The van der Waals surface area contributed by atoms with E-state index in [1.807, 2.05) is 0 Å². The molecule has 0 aliphatic heterocycles. The lowest BCUT2D eigenvalue weighted by molar-refractivity contribution is -0.134. The largest absolute Gasteiger partial charge is 0.481 e. The first-order valence-corrected chi connectivity index (χ1v) is 8.92. The molecule has 0 aromatic carbocycles. The first kappa shape index (κ1) is 22.7. The Kier molecular flexibility index (Phi) is 21.0. The number of carbonyl (C=O) groups is 1. The van der Waals surface area contributed by atoms with E-state index in [1.165, 1.54) is 70.6 Å². The fourth-order valence-corrected chi connectivity index (χ4v) is 2.29. The maximum Gasteiger partial charge on any atom is 0.300 e. The van der Waals surface area contributed by atoms with Gasteiger partial charge in [0, 0.05) is 6.92 Å². The third-order valence-electron chi connectivity index (χ3n) is 3.53. The van der Waals surface area contributed by atoms with Gasteiger partial charge in [0.25, 0.3) is 5.97 Å². The molecule has 0 aliphatic rings. The number of aliphatic hydroxyl groups excluding tert-OH is 1. The second-order valence-corrected chi connectivity index (χ2v) is 5.93. The van der Waals surface area contributed by atoms with Crippen LogP contribution in [0.4, 0.5) is 0 Å². The minimum atomic E-state index is -0.833. The number of hydrogen-bond acceptors (Lipinski definition) is 2. The zero-order valence-electron chi connectivity index (χ0n) is 14.6. The van der Waals surface area contributed by atoms with E-state index in [0.717, 1.165) is 19.8 Å². The summed E-state index contributed by atoms with van der Waals surface area (Å²) in [5, 5.41) is 17.2. The van der Waals surface area contributed by atoms with Crippen LogP contribution in [0, 0.1) is 0 Å².